The molecule has 15 heavy (non-hydrogen) atoms. The normalized spacial score (nSPS) is 25.3. The molecule has 0 aromatic rings. The molecule has 3 nitrogen and oxygen atoms in total. The summed E-state index contributed by atoms with van der Waals surface area (Å²) in [6.07, 6.45) is 6.59. The first-order chi connectivity index (χ1) is 6.96. The van der Waals surface area contributed by atoms with Crippen LogP contribution < -0.4 is 0 Å². The maximum atomic E-state index is 10.9. The maximum absolute atomic E-state index is 10.9. The van der Waals surface area contributed by atoms with Crippen LogP contribution in [0.25, 0.3) is 0 Å². The van der Waals surface area contributed by atoms with E-state index in [4.69, 9.17) is 5.11 Å². The van der Waals surface area contributed by atoms with Crippen molar-refractivity contribution in [1.82, 2.24) is 0 Å². The third kappa shape index (κ3) is 2.94. The van der Waals surface area contributed by atoms with Crippen LogP contribution in [-0.2, 0) is 4.79 Å². The van der Waals surface area contributed by atoms with Crippen LogP contribution in [-0.4, -0.2) is 21.8 Å². The molecule has 0 amide bonds. The van der Waals surface area contributed by atoms with E-state index in [0.717, 1.165) is 25.7 Å². The maximum Gasteiger partial charge on any atom is 0.309 e. The Morgan fingerprint density at radius 2 is 1.73 bits per heavy atom. The third-order valence-corrected chi connectivity index (χ3v) is 3.93. The van der Waals surface area contributed by atoms with Crippen LogP contribution in [0.3, 0.4) is 0 Å². The smallest absolute Gasteiger partial charge is 0.309 e. The summed E-state index contributed by atoms with van der Waals surface area (Å²) in [4.78, 5) is 10.9. The van der Waals surface area contributed by atoms with E-state index >= 15 is 0 Å². The van der Waals surface area contributed by atoms with Crippen molar-refractivity contribution in [3.8, 4) is 0 Å². The highest BCUT2D eigenvalue weighted by molar-refractivity contribution is 5.71. The van der Waals surface area contributed by atoms with Crippen molar-refractivity contribution in [2.75, 3.05) is 0 Å². The minimum atomic E-state index is -1.06. The molecule has 88 valence electrons. The first-order valence-corrected chi connectivity index (χ1v) is 5.91. The first-order valence-electron chi connectivity index (χ1n) is 5.91. The molecule has 0 bridgehead atoms. The molecule has 1 aliphatic rings. The summed E-state index contributed by atoms with van der Waals surface area (Å²) in [5.41, 5.74) is -1.06. The number of aliphatic carboxylic acids is 1. The van der Waals surface area contributed by atoms with Crippen LogP contribution in [0.5, 0.6) is 0 Å². The fourth-order valence-corrected chi connectivity index (χ4v) is 2.47. The molecule has 0 spiro atoms. The zero-order valence-electron chi connectivity index (χ0n) is 9.70. The minimum absolute atomic E-state index is 0.145. The van der Waals surface area contributed by atoms with Gasteiger partial charge in [0.2, 0.25) is 0 Å². The second-order valence-electron chi connectivity index (χ2n) is 4.97. The van der Waals surface area contributed by atoms with E-state index in [2.05, 4.69) is 0 Å². The standard InChI is InChI=1S/C12H22O3/c1-9(11(13)14)12(2,15)10-7-5-3-4-6-8-10/h9-10,15H,3-8H2,1-2H3,(H,13,14). The van der Waals surface area contributed by atoms with Gasteiger partial charge in [0.1, 0.15) is 0 Å². The van der Waals surface area contributed by atoms with E-state index in [1.165, 1.54) is 12.8 Å². The van der Waals surface area contributed by atoms with Crippen LogP contribution in [0.4, 0.5) is 0 Å². The fraction of sp³-hybridized carbons (Fsp3) is 0.917. The number of rotatable bonds is 3. The molecule has 1 rings (SSSR count). The predicted molar refractivity (Wildman–Crippen MR) is 58.6 cm³/mol. The molecule has 0 aliphatic heterocycles. The SMILES string of the molecule is CC(C(=O)O)C(C)(O)C1CCCCCC1. The van der Waals surface area contributed by atoms with Crippen molar-refractivity contribution >= 4 is 5.97 Å². The van der Waals surface area contributed by atoms with Gasteiger partial charge >= 0.3 is 5.97 Å². The summed E-state index contributed by atoms with van der Waals surface area (Å²) in [6.45, 7) is 3.29. The quantitative estimate of drug-likeness (QED) is 0.709. The third-order valence-electron chi connectivity index (χ3n) is 3.93. The molecule has 0 aromatic heterocycles. The predicted octanol–water partition coefficient (Wildman–Crippen LogP) is 2.43. The minimum Gasteiger partial charge on any atom is -0.481 e. The molecular weight excluding hydrogens is 192 g/mol. The number of hydrogen-bond acceptors (Lipinski definition) is 2. The van der Waals surface area contributed by atoms with Crippen LogP contribution >= 0.6 is 0 Å². The van der Waals surface area contributed by atoms with Crippen LogP contribution in [0.2, 0.25) is 0 Å². The van der Waals surface area contributed by atoms with Gasteiger partial charge in [-0.15, -0.1) is 0 Å². The molecule has 0 radical (unpaired) electrons. The van der Waals surface area contributed by atoms with Gasteiger partial charge < -0.3 is 10.2 Å². The van der Waals surface area contributed by atoms with E-state index in [9.17, 15) is 9.90 Å². The largest absolute Gasteiger partial charge is 0.481 e. The van der Waals surface area contributed by atoms with Gasteiger partial charge in [-0.25, -0.2) is 0 Å². The van der Waals surface area contributed by atoms with Crippen molar-refractivity contribution in [3.05, 3.63) is 0 Å². The van der Waals surface area contributed by atoms with Gasteiger partial charge in [0, 0.05) is 0 Å². The van der Waals surface area contributed by atoms with Gasteiger partial charge in [-0.3, -0.25) is 4.79 Å². The lowest BCUT2D eigenvalue weighted by molar-refractivity contribution is -0.154. The Morgan fingerprint density at radius 3 is 2.13 bits per heavy atom. The van der Waals surface area contributed by atoms with E-state index in [-0.39, 0.29) is 5.92 Å². The monoisotopic (exact) mass is 214 g/mol. The van der Waals surface area contributed by atoms with Crippen LogP contribution in [0, 0.1) is 11.8 Å². The lowest BCUT2D eigenvalue weighted by Gasteiger charge is -2.35. The Hall–Kier alpha value is -0.570. The number of hydrogen-bond donors (Lipinski definition) is 2. The number of aliphatic hydroxyl groups is 1. The molecule has 0 aromatic carbocycles. The molecule has 1 fully saturated rings. The van der Waals surface area contributed by atoms with Gasteiger partial charge in [0.25, 0.3) is 0 Å². The van der Waals surface area contributed by atoms with E-state index < -0.39 is 17.5 Å². The Balaban J connectivity index is 2.69. The Bertz CT molecular complexity index is 215. The van der Waals surface area contributed by atoms with Crippen LogP contribution in [0.15, 0.2) is 0 Å². The van der Waals surface area contributed by atoms with E-state index in [1.807, 2.05) is 0 Å². The average Bonchev–Trinajstić information content (AvgIpc) is 2.44. The van der Waals surface area contributed by atoms with Gasteiger partial charge in [-0.2, -0.15) is 0 Å². The molecule has 2 unspecified atom stereocenters. The number of carbonyl (C=O) groups is 1. The molecular formula is C12H22O3. The zero-order valence-corrected chi connectivity index (χ0v) is 9.70. The summed E-state index contributed by atoms with van der Waals surface area (Å²) >= 11 is 0. The topological polar surface area (TPSA) is 57.5 Å². The van der Waals surface area contributed by atoms with Gasteiger partial charge in [-0.1, -0.05) is 25.7 Å². The second kappa shape index (κ2) is 4.97. The molecule has 2 atom stereocenters. The molecule has 3 heteroatoms. The number of carboxylic acid groups (broad SMARTS) is 1. The summed E-state index contributed by atoms with van der Waals surface area (Å²) < 4.78 is 0. The summed E-state index contributed by atoms with van der Waals surface area (Å²) in [5.74, 6) is -1.43. The Labute approximate surface area is 91.5 Å². The van der Waals surface area contributed by atoms with Gasteiger partial charge in [0.05, 0.1) is 11.5 Å². The van der Waals surface area contributed by atoms with Crippen LogP contribution in [0.1, 0.15) is 52.4 Å². The Kier molecular flexibility index (Phi) is 4.14. The highest BCUT2D eigenvalue weighted by Gasteiger charge is 2.40. The second-order valence-corrected chi connectivity index (χ2v) is 4.97. The van der Waals surface area contributed by atoms with Gasteiger partial charge in [-0.05, 0) is 32.6 Å². The molecule has 1 aliphatic carbocycles. The fourth-order valence-electron chi connectivity index (χ4n) is 2.47. The summed E-state index contributed by atoms with van der Waals surface area (Å²) in [5, 5.41) is 19.3. The van der Waals surface area contributed by atoms with Crippen molar-refractivity contribution in [2.45, 2.75) is 58.0 Å². The van der Waals surface area contributed by atoms with E-state index in [0.29, 0.717) is 0 Å². The van der Waals surface area contributed by atoms with Gasteiger partial charge in [0.15, 0.2) is 0 Å². The van der Waals surface area contributed by atoms with Crippen molar-refractivity contribution in [3.63, 3.8) is 0 Å². The lowest BCUT2D eigenvalue weighted by Crippen LogP contribution is -2.44. The van der Waals surface area contributed by atoms with E-state index in [1.54, 1.807) is 13.8 Å². The molecule has 0 saturated heterocycles. The van der Waals surface area contributed by atoms with Crippen molar-refractivity contribution in [1.29, 1.82) is 0 Å². The van der Waals surface area contributed by atoms with Crippen molar-refractivity contribution in [2.24, 2.45) is 11.8 Å². The highest BCUT2D eigenvalue weighted by Crippen LogP contribution is 2.36. The first kappa shape index (κ1) is 12.5. The lowest BCUT2D eigenvalue weighted by atomic mass is 9.75. The highest BCUT2D eigenvalue weighted by atomic mass is 16.4. The number of carboxylic acids is 1. The zero-order chi connectivity index (χ0) is 11.5. The molecule has 2 N–H and O–H groups in total. The molecule has 0 heterocycles. The summed E-state index contributed by atoms with van der Waals surface area (Å²) in [6, 6.07) is 0. The van der Waals surface area contributed by atoms with Crippen molar-refractivity contribution < 1.29 is 15.0 Å². The Morgan fingerprint density at radius 1 is 1.27 bits per heavy atom. The average molecular weight is 214 g/mol. The summed E-state index contributed by atoms with van der Waals surface area (Å²) in [7, 11) is 0. The molecule has 1 saturated carbocycles.